The van der Waals surface area contributed by atoms with E-state index in [0.29, 0.717) is 12.1 Å². The highest BCUT2D eigenvalue weighted by Gasteiger charge is 2.05. The van der Waals surface area contributed by atoms with Crippen LogP contribution in [0.5, 0.6) is 0 Å². The van der Waals surface area contributed by atoms with E-state index in [1.807, 2.05) is 32.2 Å². The minimum Gasteiger partial charge on any atom is -0.461 e. The predicted octanol–water partition coefficient (Wildman–Crippen LogP) is 2.10. The van der Waals surface area contributed by atoms with Crippen molar-refractivity contribution in [3.63, 3.8) is 0 Å². The van der Waals surface area contributed by atoms with Crippen LogP contribution in [-0.2, 0) is 4.79 Å². The number of rotatable bonds is 6. The Morgan fingerprint density at radius 2 is 2.23 bits per heavy atom. The molecule has 1 amide bonds. The van der Waals surface area contributed by atoms with Crippen LogP contribution in [0.2, 0.25) is 0 Å². The summed E-state index contributed by atoms with van der Waals surface area (Å²) in [5.74, 6) is 2.37. The Labute approximate surface area is 133 Å². The van der Waals surface area contributed by atoms with Gasteiger partial charge in [0.2, 0.25) is 11.9 Å². The summed E-state index contributed by atoms with van der Waals surface area (Å²) >= 11 is 1.65. The van der Waals surface area contributed by atoms with Gasteiger partial charge >= 0.3 is 0 Å². The van der Waals surface area contributed by atoms with Gasteiger partial charge in [-0.25, -0.2) is 4.99 Å². The fraction of sp³-hybridized carbons (Fsp3) is 0.333. The van der Waals surface area contributed by atoms with Crippen LogP contribution < -0.4 is 16.4 Å². The number of carbonyl (C=O) groups is 1. The number of aliphatic imine (C=N–C) groups is 1. The van der Waals surface area contributed by atoms with E-state index in [4.69, 9.17) is 10.2 Å². The highest BCUT2D eigenvalue weighted by molar-refractivity contribution is 7.99. The zero-order valence-corrected chi connectivity index (χ0v) is 13.5. The van der Waals surface area contributed by atoms with Gasteiger partial charge in [0.1, 0.15) is 11.3 Å². The van der Waals surface area contributed by atoms with Crippen molar-refractivity contribution in [3.05, 3.63) is 30.0 Å². The molecule has 2 rings (SSSR count). The molecule has 0 unspecified atom stereocenters. The van der Waals surface area contributed by atoms with E-state index >= 15 is 0 Å². The second-order valence-electron chi connectivity index (χ2n) is 4.78. The van der Waals surface area contributed by atoms with E-state index in [2.05, 4.69) is 15.6 Å². The van der Waals surface area contributed by atoms with Crippen LogP contribution in [0.4, 0.5) is 5.69 Å². The third-order valence-electron chi connectivity index (χ3n) is 2.86. The number of guanidine groups is 1. The van der Waals surface area contributed by atoms with Crippen molar-refractivity contribution >= 4 is 40.3 Å². The summed E-state index contributed by atoms with van der Waals surface area (Å²) in [6.07, 6.45) is 0.405. The van der Waals surface area contributed by atoms with Gasteiger partial charge in [0, 0.05) is 23.4 Å². The average Bonchev–Trinajstić information content (AvgIpc) is 2.82. The van der Waals surface area contributed by atoms with E-state index in [1.54, 1.807) is 17.8 Å². The lowest BCUT2D eigenvalue weighted by atomic mass is 10.2. The summed E-state index contributed by atoms with van der Waals surface area (Å²) in [6.45, 7) is 1.89. The zero-order chi connectivity index (χ0) is 15.9. The molecule has 7 heteroatoms. The number of fused-ring (bicyclic) bond motifs is 1. The summed E-state index contributed by atoms with van der Waals surface area (Å²) < 4.78 is 5.50. The third-order valence-corrected chi connectivity index (χ3v) is 3.85. The highest BCUT2D eigenvalue weighted by Crippen LogP contribution is 2.24. The van der Waals surface area contributed by atoms with Gasteiger partial charge in [-0.3, -0.25) is 10.1 Å². The molecule has 0 aliphatic heterocycles. The highest BCUT2D eigenvalue weighted by atomic mass is 32.2. The molecule has 0 saturated carbocycles. The number of hydrogen-bond acceptors (Lipinski definition) is 5. The number of nitrogens with two attached hydrogens (primary N) is 1. The molecule has 1 aromatic carbocycles. The first-order chi connectivity index (χ1) is 10.6. The van der Waals surface area contributed by atoms with E-state index < -0.39 is 0 Å². The molecule has 0 radical (unpaired) electrons. The Kier molecular flexibility index (Phi) is 5.85. The summed E-state index contributed by atoms with van der Waals surface area (Å²) in [5, 5.41) is 6.56. The van der Waals surface area contributed by atoms with Gasteiger partial charge in [0.25, 0.3) is 0 Å². The molecule has 118 valence electrons. The second-order valence-corrected chi connectivity index (χ2v) is 5.89. The number of amides is 1. The molecule has 4 N–H and O–H groups in total. The normalized spacial score (nSPS) is 11.8. The van der Waals surface area contributed by atoms with Crippen molar-refractivity contribution in [2.45, 2.75) is 13.3 Å². The molecular weight excluding hydrogens is 300 g/mol. The topological polar surface area (TPSA) is 92.7 Å². The molecule has 1 heterocycles. The van der Waals surface area contributed by atoms with Crippen molar-refractivity contribution in [2.24, 2.45) is 10.7 Å². The van der Waals surface area contributed by atoms with Gasteiger partial charge in [0.15, 0.2) is 0 Å². The van der Waals surface area contributed by atoms with Gasteiger partial charge < -0.3 is 15.5 Å². The first-order valence-electron chi connectivity index (χ1n) is 6.95. The van der Waals surface area contributed by atoms with Crippen LogP contribution in [0.15, 0.2) is 33.7 Å². The fourth-order valence-electron chi connectivity index (χ4n) is 1.94. The number of benzene rings is 1. The van der Waals surface area contributed by atoms with Crippen molar-refractivity contribution in [2.75, 3.05) is 18.7 Å². The van der Waals surface area contributed by atoms with Crippen molar-refractivity contribution in [3.8, 4) is 0 Å². The third kappa shape index (κ3) is 4.78. The van der Waals surface area contributed by atoms with Crippen LogP contribution in [0.25, 0.3) is 11.0 Å². The molecule has 6 nitrogen and oxygen atoms in total. The van der Waals surface area contributed by atoms with E-state index in [9.17, 15) is 4.79 Å². The molecule has 0 spiro atoms. The first kappa shape index (κ1) is 16.4. The zero-order valence-electron chi connectivity index (χ0n) is 12.7. The summed E-state index contributed by atoms with van der Waals surface area (Å²) in [4.78, 5) is 15.9. The lowest BCUT2D eigenvalue weighted by Crippen LogP contribution is -2.36. The van der Waals surface area contributed by atoms with Gasteiger partial charge in [-0.15, -0.1) is 11.8 Å². The van der Waals surface area contributed by atoms with Crippen LogP contribution in [-0.4, -0.2) is 30.5 Å². The van der Waals surface area contributed by atoms with Crippen LogP contribution in [0.3, 0.4) is 0 Å². The Morgan fingerprint density at radius 1 is 1.41 bits per heavy atom. The van der Waals surface area contributed by atoms with Gasteiger partial charge in [-0.2, -0.15) is 0 Å². The molecular formula is C15H20N4O2S. The molecule has 22 heavy (non-hydrogen) atoms. The van der Waals surface area contributed by atoms with Crippen LogP contribution in [0, 0.1) is 6.92 Å². The quantitative estimate of drug-likeness (QED) is 0.328. The van der Waals surface area contributed by atoms with Crippen LogP contribution >= 0.6 is 11.8 Å². The molecule has 0 fully saturated rings. The largest absolute Gasteiger partial charge is 0.461 e. The van der Waals surface area contributed by atoms with Gasteiger partial charge in [-0.1, -0.05) is 0 Å². The summed E-state index contributed by atoms with van der Waals surface area (Å²) in [5.41, 5.74) is 7.24. The molecule has 0 aliphatic carbocycles. The van der Waals surface area contributed by atoms with Crippen LogP contribution in [0.1, 0.15) is 12.2 Å². The standard InChI is InChI=1S/C15H20N4O2S/c1-10-7-11-8-12(3-4-13(11)21-10)18-15(16)19-14(20)5-6-22-9-17-2/h3-4,7-8,17H,5-6,9H2,1-2H3,(H3,16,18,19,20). The Morgan fingerprint density at radius 3 is 3.00 bits per heavy atom. The maximum absolute atomic E-state index is 11.7. The smallest absolute Gasteiger partial charge is 0.227 e. The maximum Gasteiger partial charge on any atom is 0.227 e. The summed E-state index contributed by atoms with van der Waals surface area (Å²) in [7, 11) is 1.87. The predicted molar refractivity (Wildman–Crippen MR) is 91.4 cm³/mol. The Bertz CT molecular complexity index is 681. The Balaban J connectivity index is 1.93. The fourth-order valence-corrected chi connectivity index (χ4v) is 2.62. The van der Waals surface area contributed by atoms with Crippen molar-refractivity contribution < 1.29 is 9.21 Å². The van der Waals surface area contributed by atoms with Gasteiger partial charge in [-0.05, 0) is 38.2 Å². The number of hydrogen-bond donors (Lipinski definition) is 3. The molecule has 0 saturated heterocycles. The lowest BCUT2D eigenvalue weighted by Gasteiger charge is -2.04. The lowest BCUT2D eigenvalue weighted by molar-refractivity contribution is -0.119. The minimum atomic E-state index is -0.134. The maximum atomic E-state index is 11.7. The summed E-state index contributed by atoms with van der Waals surface area (Å²) in [6, 6.07) is 7.44. The number of thioether (sulfide) groups is 1. The number of carbonyl (C=O) groups excluding carboxylic acids is 1. The minimum absolute atomic E-state index is 0.100. The van der Waals surface area contributed by atoms with E-state index in [-0.39, 0.29) is 11.9 Å². The van der Waals surface area contributed by atoms with E-state index in [0.717, 1.165) is 28.4 Å². The monoisotopic (exact) mass is 320 g/mol. The second kappa shape index (κ2) is 7.86. The van der Waals surface area contributed by atoms with E-state index in [1.165, 1.54) is 0 Å². The number of nitrogens with zero attached hydrogens (tertiary/aromatic N) is 1. The number of nitrogens with one attached hydrogen (secondary N) is 2. The first-order valence-corrected chi connectivity index (χ1v) is 8.10. The average molecular weight is 320 g/mol. The Hall–Kier alpha value is -1.99. The molecule has 2 aromatic rings. The molecule has 0 bridgehead atoms. The van der Waals surface area contributed by atoms with Gasteiger partial charge in [0.05, 0.1) is 5.69 Å². The number of aryl methyl sites for hydroxylation is 1. The molecule has 1 aromatic heterocycles. The SMILES string of the molecule is CNCSCCC(=O)NC(N)=Nc1ccc2oc(C)cc2c1. The van der Waals surface area contributed by atoms with Crippen molar-refractivity contribution in [1.82, 2.24) is 10.6 Å². The molecule has 0 aliphatic rings. The van der Waals surface area contributed by atoms with Crippen molar-refractivity contribution in [1.29, 1.82) is 0 Å². The number of furan rings is 1. The molecule has 0 atom stereocenters.